The van der Waals surface area contributed by atoms with E-state index in [0.717, 1.165) is 33.5 Å². The molecule has 0 aliphatic carbocycles. The van der Waals surface area contributed by atoms with E-state index in [1.165, 1.54) is 4.46 Å². The van der Waals surface area contributed by atoms with E-state index in [0.29, 0.717) is 0 Å². The number of hydrogen-bond acceptors (Lipinski definition) is 2. The first-order valence-corrected chi connectivity index (χ1v) is 11.5. The average Bonchev–Trinajstić information content (AvgIpc) is 2.61. The molecule has 2 rings (SSSR count). The molecule has 0 amide bonds. The number of rotatable bonds is 8. The zero-order chi connectivity index (χ0) is 18.3. The molecular weight excluding hydrogens is 395 g/mol. The Morgan fingerprint density at radius 3 is 2.12 bits per heavy atom. The monoisotopic (exact) mass is 422 g/mol. The normalized spacial score (nSPS) is 14.1. The fourth-order valence-corrected chi connectivity index (χ4v) is 6.66. The van der Waals surface area contributed by atoms with Crippen LogP contribution in [0.5, 0.6) is 0 Å². The predicted octanol–water partition coefficient (Wildman–Crippen LogP) is 4.00. The van der Waals surface area contributed by atoms with Crippen molar-refractivity contribution < 1.29 is 9.32 Å². The summed E-state index contributed by atoms with van der Waals surface area (Å²) < 4.78 is 15.4. The van der Waals surface area contributed by atoms with Crippen molar-refractivity contribution in [2.75, 3.05) is 0 Å². The Bertz CT molecular complexity index is 719. The van der Waals surface area contributed by atoms with Crippen LogP contribution in [0.15, 0.2) is 74.9 Å². The molecule has 0 fully saturated rings. The third-order valence-corrected chi connectivity index (χ3v) is 8.62. The summed E-state index contributed by atoms with van der Waals surface area (Å²) in [4.78, 5) is 1.70. The maximum absolute atomic E-state index is 13.3. The molecule has 2 aromatic rings. The molecule has 0 saturated carbocycles. The van der Waals surface area contributed by atoms with Gasteiger partial charge < -0.3 is 0 Å². The molecule has 0 radical (unpaired) electrons. The molecule has 1 atom stereocenters. The standard InChI is InChI=1S/C21H26O2SSe/c1-4-5-16-19(24(23)17-12-8-6-9-13-17)20(21(2,3)22)25-18-14-10-7-11-15-18/h6-15,22H,4-5,16H2,1-3H3/b20-19+/t24-/m0/s1. The van der Waals surface area contributed by atoms with Gasteiger partial charge in [0.1, 0.15) is 0 Å². The third-order valence-electron chi connectivity index (χ3n) is 3.71. The van der Waals surface area contributed by atoms with Crippen LogP contribution in [0.4, 0.5) is 0 Å². The van der Waals surface area contributed by atoms with Crippen LogP contribution in [0.1, 0.15) is 40.0 Å². The van der Waals surface area contributed by atoms with Crippen LogP contribution < -0.4 is 4.46 Å². The summed E-state index contributed by atoms with van der Waals surface area (Å²) in [5.41, 5.74) is -0.983. The van der Waals surface area contributed by atoms with E-state index in [1.807, 2.05) is 48.5 Å². The van der Waals surface area contributed by atoms with Gasteiger partial charge in [0.15, 0.2) is 0 Å². The topological polar surface area (TPSA) is 37.3 Å². The van der Waals surface area contributed by atoms with Crippen molar-refractivity contribution in [1.82, 2.24) is 0 Å². The zero-order valence-electron chi connectivity index (χ0n) is 15.1. The molecule has 134 valence electrons. The van der Waals surface area contributed by atoms with Crippen molar-refractivity contribution in [2.24, 2.45) is 0 Å². The molecule has 0 spiro atoms. The first-order chi connectivity index (χ1) is 11.9. The molecule has 0 aliphatic rings. The Kier molecular flexibility index (Phi) is 7.64. The summed E-state index contributed by atoms with van der Waals surface area (Å²) >= 11 is -0.0625. The van der Waals surface area contributed by atoms with Gasteiger partial charge in [0.05, 0.1) is 0 Å². The molecule has 0 aromatic heterocycles. The van der Waals surface area contributed by atoms with Gasteiger partial charge in [-0.15, -0.1) is 0 Å². The Balaban J connectivity index is 2.51. The van der Waals surface area contributed by atoms with Crippen molar-refractivity contribution >= 4 is 30.2 Å². The SMILES string of the molecule is CCCC/C(=C(\[Se]c1ccccc1)C(C)(C)O)[S@@](=O)c1ccccc1. The molecule has 0 unspecified atom stereocenters. The number of aliphatic hydroxyl groups is 1. The Morgan fingerprint density at radius 2 is 1.60 bits per heavy atom. The first kappa shape index (κ1) is 20.1. The molecule has 4 heteroatoms. The van der Waals surface area contributed by atoms with Crippen molar-refractivity contribution in [3.8, 4) is 0 Å². The summed E-state index contributed by atoms with van der Waals surface area (Å²) in [6, 6.07) is 19.7. The number of hydrogen-bond donors (Lipinski definition) is 1. The Hall–Kier alpha value is -1.19. The van der Waals surface area contributed by atoms with Gasteiger partial charge in [-0.1, -0.05) is 0 Å². The van der Waals surface area contributed by atoms with Gasteiger partial charge in [-0.2, -0.15) is 0 Å². The minimum atomic E-state index is -1.24. The summed E-state index contributed by atoms with van der Waals surface area (Å²) in [7, 11) is -1.24. The van der Waals surface area contributed by atoms with Gasteiger partial charge in [-0.3, -0.25) is 0 Å². The molecule has 2 aromatic carbocycles. The quantitative estimate of drug-likeness (QED) is 0.655. The van der Waals surface area contributed by atoms with E-state index in [9.17, 15) is 9.32 Å². The summed E-state index contributed by atoms with van der Waals surface area (Å²) in [5.74, 6) is 0. The summed E-state index contributed by atoms with van der Waals surface area (Å²) in [6.45, 7) is 5.75. The molecular formula is C21H26O2SSe. The zero-order valence-corrected chi connectivity index (χ0v) is 17.6. The van der Waals surface area contributed by atoms with Gasteiger partial charge in [0, 0.05) is 0 Å². The van der Waals surface area contributed by atoms with Crippen molar-refractivity contribution in [2.45, 2.75) is 50.5 Å². The first-order valence-electron chi connectivity index (χ1n) is 8.59. The van der Waals surface area contributed by atoms with E-state index in [-0.39, 0.29) is 15.0 Å². The molecule has 0 aliphatic heterocycles. The van der Waals surface area contributed by atoms with Crippen molar-refractivity contribution in [1.29, 1.82) is 0 Å². The van der Waals surface area contributed by atoms with Crippen LogP contribution in [0.25, 0.3) is 0 Å². The minimum absolute atomic E-state index is 0.0625. The third kappa shape index (κ3) is 5.93. The Morgan fingerprint density at radius 1 is 1.04 bits per heavy atom. The van der Waals surface area contributed by atoms with Gasteiger partial charge in [-0.25, -0.2) is 0 Å². The van der Waals surface area contributed by atoms with Crippen LogP contribution in [0.2, 0.25) is 0 Å². The number of allylic oxidation sites excluding steroid dienone is 1. The van der Waals surface area contributed by atoms with Crippen LogP contribution >= 0.6 is 0 Å². The van der Waals surface area contributed by atoms with Crippen molar-refractivity contribution in [3.63, 3.8) is 0 Å². The number of benzene rings is 2. The maximum atomic E-state index is 13.3. The average molecular weight is 421 g/mol. The van der Waals surface area contributed by atoms with Gasteiger partial charge >= 0.3 is 160 Å². The fraction of sp³-hybridized carbons (Fsp3) is 0.333. The molecule has 25 heavy (non-hydrogen) atoms. The van der Waals surface area contributed by atoms with Crippen LogP contribution in [0.3, 0.4) is 0 Å². The van der Waals surface area contributed by atoms with Crippen LogP contribution in [0, 0.1) is 0 Å². The van der Waals surface area contributed by atoms with E-state index in [1.54, 1.807) is 13.8 Å². The van der Waals surface area contributed by atoms with E-state index >= 15 is 0 Å². The van der Waals surface area contributed by atoms with E-state index < -0.39 is 16.4 Å². The molecule has 0 heterocycles. The van der Waals surface area contributed by atoms with E-state index in [4.69, 9.17) is 0 Å². The number of unbranched alkanes of at least 4 members (excludes halogenated alkanes) is 1. The summed E-state index contributed by atoms with van der Waals surface area (Å²) in [5, 5.41) is 10.8. The van der Waals surface area contributed by atoms with Gasteiger partial charge in [-0.05, 0) is 0 Å². The van der Waals surface area contributed by atoms with Gasteiger partial charge in [0.2, 0.25) is 0 Å². The van der Waals surface area contributed by atoms with Crippen molar-refractivity contribution in [3.05, 3.63) is 70.0 Å². The van der Waals surface area contributed by atoms with Gasteiger partial charge in [0.25, 0.3) is 0 Å². The predicted molar refractivity (Wildman–Crippen MR) is 108 cm³/mol. The second-order valence-electron chi connectivity index (χ2n) is 6.41. The van der Waals surface area contributed by atoms with Crippen LogP contribution in [-0.2, 0) is 10.8 Å². The molecule has 0 saturated heterocycles. The van der Waals surface area contributed by atoms with Crippen LogP contribution in [-0.4, -0.2) is 29.9 Å². The molecule has 2 nitrogen and oxygen atoms in total. The fourth-order valence-electron chi connectivity index (χ4n) is 2.44. The second-order valence-corrected chi connectivity index (χ2v) is 10.2. The Labute approximate surface area is 160 Å². The molecule has 0 bridgehead atoms. The summed E-state index contributed by atoms with van der Waals surface area (Å²) in [6.07, 6.45) is 2.76. The second kappa shape index (κ2) is 9.49. The van der Waals surface area contributed by atoms with E-state index in [2.05, 4.69) is 19.1 Å². The molecule has 1 N–H and O–H groups in total.